The highest BCUT2D eigenvalue weighted by molar-refractivity contribution is 9.10. The highest BCUT2D eigenvalue weighted by Crippen LogP contribution is 2.28. The maximum atomic E-state index is 12.6. The molecule has 0 fully saturated rings. The summed E-state index contributed by atoms with van der Waals surface area (Å²) in [6, 6.07) is 12.8. The van der Waals surface area contributed by atoms with E-state index in [0.29, 0.717) is 22.8 Å². The normalized spacial score (nSPS) is 12.6. The number of amides is 1. The van der Waals surface area contributed by atoms with Gasteiger partial charge in [-0.3, -0.25) is 4.79 Å². The molecule has 1 atom stereocenters. The Morgan fingerprint density at radius 2 is 1.96 bits per heavy atom. The zero-order valence-electron chi connectivity index (χ0n) is 13.7. The number of rotatable bonds is 3. The lowest BCUT2D eigenvalue weighted by atomic mass is 10.1. The number of hydrogen-bond acceptors (Lipinski definition) is 4. The number of benzene rings is 2. The number of carbonyl (C=O) groups is 1. The van der Waals surface area contributed by atoms with Crippen molar-refractivity contribution in [3.05, 3.63) is 64.2 Å². The van der Waals surface area contributed by atoms with Gasteiger partial charge >= 0.3 is 0 Å². The van der Waals surface area contributed by atoms with Gasteiger partial charge in [0, 0.05) is 15.4 Å². The number of furan rings is 1. The Morgan fingerprint density at radius 3 is 2.76 bits per heavy atom. The number of aromatic nitrogens is 1. The van der Waals surface area contributed by atoms with Crippen LogP contribution in [-0.4, -0.2) is 10.9 Å². The van der Waals surface area contributed by atoms with E-state index in [1.54, 1.807) is 0 Å². The molecule has 0 saturated carbocycles. The summed E-state index contributed by atoms with van der Waals surface area (Å²) in [6.45, 7) is 3.70. The maximum absolute atomic E-state index is 12.6. The Bertz CT molecular complexity index is 1060. The molecule has 4 rings (SSSR count). The molecule has 0 radical (unpaired) electrons. The first kappa shape index (κ1) is 15.9. The van der Waals surface area contributed by atoms with Gasteiger partial charge in [0.25, 0.3) is 5.91 Å². The largest absolute Gasteiger partial charge is 0.451 e. The van der Waals surface area contributed by atoms with Crippen LogP contribution in [0.5, 0.6) is 0 Å². The van der Waals surface area contributed by atoms with Crippen LogP contribution in [0.4, 0.5) is 0 Å². The van der Waals surface area contributed by atoms with Crippen molar-refractivity contribution in [1.82, 2.24) is 10.3 Å². The second-order valence-electron chi connectivity index (χ2n) is 5.91. The van der Waals surface area contributed by atoms with E-state index in [2.05, 4.69) is 26.2 Å². The van der Waals surface area contributed by atoms with Crippen molar-refractivity contribution >= 4 is 43.9 Å². The van der Waals surface area contributed by atoms with E-state index in [-0.39, 0.29) is 11.9 Å². The van der Waals surface area contributed by atoms with Gasteiger partial charge in [0.2, 0.25) is 5.89 Å². The second-order valence-corrected chi connectivity index (χ2v) is 6.83. The number of nitrogens with zero attached hydrogens (tertiary/aromatic N) is 1. The number of aryl methyl sites for hydroxylation is 1. The predicted octanol–water partition coefficient (Wildman–Crippen LogP) is 5.14. The Hall–Kier alpha value is -2.60. The van der Waals surface area contributed by atoms with Crippen LogP contribution in [0.2, 0.25) is 0 Å². The molecule has 1 N–H and O–H groups in total. The Morgan fingerprint density at radius 1 is 1.16 bits per heavy atom. The molecule has 2 heterocycles. The molecular formula is C19H15BrN2O3. The highest BCUT2D eigenvalue weighted by Gasteiger charge is 2.22. The molecule has 0 saturated heterocycles. The molecule has 0 aliphatic carbocycles. The number of oxazole rings is 1. The highest BCUT2D eigenvalue weighted by atomic mass is 79.9. The van der Waals surface area contributed by atoms with Crippen molar-refractivity contribution in [2.24, 2.45) is 0 Å². The van der Waals surface area contributed by atoms with Crippen LogP contribution in [0.1, 0.15) is 35.0 Å². The summed E-state index contributed by atoms with van der Waals surface area (Å²) in [5.41, 5.74) is 2.95. The molecule has 0 aliphatic rings. The van der Waals surface area contributed by atoms with Crippen molar-refractivity contribution in [1.29, 1.82) is 0 Å². The van der Waals surface area contributed by atoms with Gasteiger partial charge < -0.3 is 14.2 Å². The van der Waals surface area contributed by atoms with Crippen LogP contribution >= 0.6 is 15.9 Å². The van der Waals surface area contributed by atoms with Gasteiger partial charge in [-0.05, 0) is 44.2 Å². The molecule has 0 aliphatic heterocycles. The number of para-hydroxylation sites is 2. The Balaban J connectivity index is 1.62. The van der Waals surface area contributed by atoms with Crippen molar-refractivity contribution in [2.75, 3.05) is 0 Å². The molecule has 0 bridgehead atoms. The van der Waals surface area contributed by atoms with Gasteiger partial charge in [0.05, 0.1) is 0 Å². The van der Waals surface area contributed by atoms with Gasteiger partial charge in [0.15, 0.2) is 11.3 Å². The van der Waals surface area contributed by atoms with E-state index >= 15 is 0 Å². The minimum absolute atomic E-state index is 0.292. The molecular weight excluding hydrogens is 384 g/mol. The second kappa shape index (κ2) is 6.04. The minimum Gasteiger partial charge on any atom is -0.451 e. The first-order chi connectivity index (χ1) is 12.0. The third-order valence-corrected chi connectivity index (χ3v) is 4.63. The lowest BCUT2D eigenvalue weighted by molar-refractivity contribution is 0.0908. The van der Waals surface area contributed by atoms with E-state index in [4.69, 9.17) is 8.83 Å². The SMILES string of the molecule is Cc1c(C(=O)NC(C)c2nc3ccccc3o2)oc2ccc(Br)cc12. The van der Waals surface area contributed by atoms with E-state index in [0.717, 1.165) is 20.9 Å². The molecule has 2 aromatic carbocycles. The molecule has 4 aromatic rings. The molecule has 2 aromatic heterocycles. The summed E-state index contributed by atoms with van der Waals surface area (Å²) in [6.07, 6.45) is 0. The first-order valence-electron chi connectivity index (χ1n) is 7.88. The van der Waals surface area contributed by atoms with E-state index < -0.39 is 0 Å². The fraction of sp³-hybridized carbons (Fsp3) is 0.158. The van der Waals surface area contributed by atoms with Gasteiger partial charge in [-0.25, -0.2) is 4.98 Å². The summed E-state index contributed by atoms with van der Waals surface area (Å²) in [7, 11) is 0. The molecule has 25 heavy (non-hydrogen) atoms. The van der Waals surface area contributed by atoms with E-state index in [1.165, 1.54) is 0 Å². The van der Waals surface area contributed by atoms with Crippen molar-refractivity contribution in [2.45, 2.75) is 19.9 Å². The van der Waals surface area contributed by atoms with Crippen molar-refractivity contribution in [3.63, 3.8) is 0 Å². The monoisotopic (exact) mass is 398 g/mol. The standard InChI is InChI=1S/C19H15BrN2O3/c1-10-13-9-12(20)7-8-15(13)24-17(10)18(23)21-11(2)19-22-14-5-3-4-6-16(14)25-19/h3-9,11H,1-2H3,(H,21,23). The third kappa shape index (κ3) is 2.82. The van der Waals surface area contributed by atoms with Crippen LogP contribution in [0.3, 0.4) is 0 Å². The average molecular weight is 399 g/mol. The minimum atomic E-state index is -0.376. The lowest BCUT2D eigenvalue weighted by Crippen LogP contribution is -2.27. The zero-order chi connectivity index (χ0) is 17.6. The van der Waals surface area contributed by atoms with Gasteiger partial charge in [-0.15, -0.1) is 0 Å². The average Bonchev–Trinajstić information content (AvgIpc) is 3.17. The van der Waals surface area contributed by atoms with E-state index in [1.807, 2.05) is 56.3 Å². The molecule has 5 nitrogen and oxygen atoms in total. The molecule has 126 valence electrons. The molecule has 6 heteroatoms. The van der Waals surface area contributed by atoms with E-state index in [9.17, 15) is 4.79 Å². The van der Waals surface area contributed by atoms with Crippen LogP contribution in [-0.2, 0) is 0 Å². The smallest absolute Gasteiger partial charge is 0.287 e. The fourth-order valence-corrected chi connectivity index (χ4v) is 3.17. The summed E-state index contributed by atoms with van der Waals surface area (Å²) < 4.78 is 12.4. The van der Waals surface area contributed by atoms with Gasteiger partial charge in [-0.1, -0.05) is 28.1 Å². The number of carbonyl (C=O) groups excluding carboxylic acids is 1. The van der Waals surface area contributed by atoms with Crippen LogP contribution in [0.25, 0.3) is 22.1 Å². The number of halogens is 1. The zero-order valence-corrected chi connectivity index (χ0v) is 15.3. The van der Waals surface area contributed by atoms with Gasteiger partial charge in [-0.2, -0.15) is 0 Å². The number of hydrogen-bond donors (Lipinski definition) is 1. The third-order valence-electron chi connectivity index (χ3n) is 4.13. The summed E-state index contributed by atoms with van der Waals surface area (Å²) >= 11 is 3.44. The quantitative estimate of drug-likeness (QED) is 0.518. The summed E-state index contributed by atoms with van der Waals surface area (Å²) in [4.78, 5) is 17.1. The topological polar surface area (TPSA) is 68.3 Å². The number of nitrogens with one attached hydrogen (secondary N) is 1. The summed E-state index contributed by atoms with van der Waals surface area (Å²) in [5.74, 6) is 0.474. The van der Waals surface area contributed by atoms with Crippen LogP contribution in [0.15, 0.2) is 55.8 Å². The first-order valence-corrected chi connectivity index (χ1v) is 8.67. The van der Waals surface area contributed by atoms with Crippen molar-refractivity contribution < 1.29 is 13.6 Å². The number of fused-ring (bicyclic) bond motifs is 2. The molecule has 1 amide bonds. The fourth-order valence-electron chi connectivity index (χ4n) is 2.81. The maximum Gasteiger partial charge on any atom is 0.287 e. The lowest BCUT2D eigenvalue weighted by Gasteiger charge is -2.09. The summed E-state index contributed by atoms with van der Waals surface area (Å²) in [5, 5.41) is 3.80. The van der Waals surface area contributed by atoms with Crippen LogP contribution < -0.4 is 5.32 Å². The van der Waals surface area contributed by atoms with Crippen molar-refractivity contribution in [3.8, 4) is 0 Å². The van der Waals surface area contributed by atoms with Crippen LogP contribution in [0, 0.1) is 6.92 Å². The Labute approximate surface area is 152 Å². The Kier molecular flexibility index (Phi) is 3.84. The molecule has 1 unspecified atom stereocenters. The van der Waals surface area contributed by atoms with Gasteiger partial charge in [0.1, 0.15) is 17.1 Å². The molecule has 0 spiro atoms. The predicted molar refractivity (Wildman–Crippen MR) is 98.5 cm³/mol.